The average Bonchev–Trinajstić information content (AvgIpc) is 3.33. The van der Waals surface area contributed by atoms with Crippen molar-refractivity contribution >= 4 is 33.0 Å². The van der Waals surface area contributed by atoms with Crippen LogP contribution in [-0.4, -0.2) is 20.3 Å². The molecule has 28 heavy (non-hydrogen) atoms. The fraction of sp³-hybridized carbons (Fsp3) is 0.474. The smallest absolute Gasteiger partial charge is 0.354 e. The number of carbonyl (C=O) groups excluding carboxylic acids is 1. The summed E-state index contributed by atoms with van der Waals surface area (Å²) in [7, 11) is -3.49. The molecule has 1 aromatic heterocycles. The second-order valence-electron chi connectivity index (χ2n) is 7.87. The van der Waals surface area contributed by atoms with Crippen molar-refractivity contribution in [1.82, 2.24) is 4.98 Å². The fourth-order valence-electron chi connectivity index (χ4n) is 3.94. The van der Waals surface area contributed by atoms with Crippen LogP contribution >= 0.6 is 11.3 Å². The monoisotopic (exact) mass is 420 g/mol. The molecule has 0 radical (unpaired) electrons. The second-order valence-corrected chi connectivity index (χ2v) is 10.9. The lowest BCUT2D eigenvalue weighted by Gasteiger charge is -2.15. The summed E-state index contributed by atoms with van der Waals surface area (Å²) < 4.78 is 16.6. The van der Waals surface area contributed by atoms with Crippen LogP contribution in [0, 0.1) is 0 Å². The summed E-state index contributed by atoms with van der Waals surface area (Å²) in [5.41, 5.74) is 4.64. The molecule has 0 unspecified atom stereocenters. The van der Waals surface area contributed by atoms with Gasteiger partial charge in [-0.3, -0.25) is 0 Å². The third-order valence-electron chi connectivity index (χ3n) is 5.26. The topological polar surface area (TPSA) is 118 Å². The average molecular weight is 421 g/mol. The molecule has 4 N–H and O–H groups in total. The Bertz CT molecular complexity index is 1040. The number of thiazole rings is 1. The molecule has 2 aliphatic rings. The minimum Gasteiger partial charge on any atom is -0.385 e. The number of hydrogen-bond acceptors (Lipinski definition) is 5. The Kier molecular flexibility index (Phi) is 4.81. The van der Waals surface area contributed by atoms with Gasteiger partial charge in [-0.05, 0) is 74.6 Å². The normalized spacial score (nSPS) is 17.7. The molecule has 2 aliphatic carbocycles. The van der Waals surface area contributed by atoms with E-state index >= 15 is 0 Å². The molecule has 7 nitrogen and oxygen atoms in total. The number of fused-ring (bicyclic) bond motifs is 2. The van der Waals surface area contributed by atoms with E-state index in [2.05, 4.69) is 20.7 Å². The molecule has 0 saturated carbocycles. The van der Waals surface area contributed by atoms with Gasteiger partial charge in [0.1, 0.15) is 0 Å². The molecule has 0 aliphatic heterocycles. The number of aromatic nitrogens is 1. The SMILES string of the molecule is CC(C)(O)c1cnc([S@@](N)(=O)=NC(=O)Nc2c3c(cc4c2CCC4)CCC3)s1. The van der Waals surface area contributed by atoms with Gasteiger partial charge in [0.2, 0.25) is 4.34 Å². The molecule has 9 heteroatoms. The van der Waals surface area contributed by atoms with Crippen molar-refractivity contribution in [3.05, 3.63) is 39.4 Å². The number of amides is 2. The molecule has 2 amide bonds. The quantitative estimate of drug-likeness (QED) is 0.706. The van der Waals surface area contributed by atoms with Crippen molar-refractivity contribution in [2.24, 2.45) is 9.50 Å². The zero-order chi connectivity index (χ0) is 20.1. The highest BCUT2D eigenvalue weighted by molar-refractivity contribution is 7.93. The molecular formula is C19H24N4O3S2. The first-order chi connectivity index (χ1) is 13.1. The van der Waals surface area contributed by atoms with Gasteiger partial charge in [0.25, 0.3) is 0 Å². The number of aryl methyl sites for hydroxylation is 2. The van der Waals surface area contributed by atoms with Crippen LogP contribution in [0.4, 0.5) is 10.5 Å². The number of carbonyl (C=O) groups is 1. The Balaban J connectivity index is 1.65. The molecule has 150 valence electrons. The zero-order valence-corrected chi connectivity index (χ0v) is 17.6. The lowest BCUT2D eigenvalue weighted by Crippen LogP contribution is -2.18. The van der Waals surface area contributed by atoms with Gasteiger partial charge in [0.05, 0.1) is 10.5 Å². The van der Waals surface area contributed by atoms with E-state index in [9.17, 15) is 14.1 Å². The number of nitrogens with zero attached hydrogens (tertiary/aromatic N) is 2. The van der Waals surface area contributed by atoms with Crippen LogP contribution in [0.3, 0.4) is 0 Å². The molecule has 2 aromatic rings. The van der Waals surface area contributed by atoms with Crippen molar-refractivity contribution < 1.29 is 14.1 Å². The van der Waals surface area contributed by atoms with Gasteiger partial charge in [0.15, 0.2) is 9.92 Å². The third kappa shape index (κ3) is 3.59. The standard InChI is InChI=1S/C19H24N4O3S2/c1-19(2,25)15-10-21-18(27-15)28(20,26)23-17(24)22-16-13-7-3-5-11(13)9-12-6-4-8-14(12)16/h9-10,25H,3-8H2,1-2H3,(H3,20,22,23,24,26)/t28-/m0/s1. The van der Waals surface area contributed by atoms with Crippen molar-refractivity contribution in [2.45, 2.75) is 62.3 Å². The number of urea groups is 1. The van der Waals surface area contributed by atoms with E-state index in [-0.39, 0.29) is 4.34 Å². The molecule has 1 heterocycles. The van der Waals surface area contributed by atoms with Crippen molar-refractivity contribution in [3.8, 4) is 0 Å². The van der Waals surface area contributed by atoms with E-state index < -0.39 is 21.5 Å². The van der Waals surface area contributed by atoms with E-state index in [4.69, 9.17) is 5.14 Å². The van der Waals surface area contributed by atoms with Gasteiger partial charge >= 0.3 is 6.03 Å². The fourth-order valence-corrected chi connectivity index (χ4v) is 6.02. The van der Waals surface area contributed by atoms with E-state index in [1.807, 2.05) is 0 Å². The highest BCUT2D eigenvalue weighted by Crippen LogP contribution is 2.38. The molecule has 1 aromatic carbocycles. The molecule has 4 rings (SSSR count). The molecule has 0 fully saturated rings. The number of nitrogens with one attached hydrogen (secondary N) is 1. The number of aliphatic hydroxyl groups is 1. The first kappa shape index (κ1) is 19.5. The van der Waals surface area contributed by atoms with Crippen LogP contribution in [0.5, 0.6) is 0 Å². The Hall–Kier alpha value is -1.81. The lowest BCUT2D eigenvalue weighted by molar-refractivity contribution is 0.0823. The van der Waals surface area contributed by atoms with E-state index in [0.717, 1.165) is 55.5 Å². The van der Waals surface area contributed by atoms with E-state index in [0.29, 0.717) is 4.88 Å². The van der Waals surface area contributed by atoms with Crippen LogP contribution in [0.15, 0.2) is 21.0 Å². The molecular weight excluding hydrogens is 396 g/mol. The lowest BCUT2D eigenvalue weighted by atomic mass is 9.99. The Morgan fingerprint density at radius 3 is 2.39 bits per heavy atom. The summed E-state index contributed by atoms with van der Waals surface area (Å²) in [4.78, 5) is 17.1. The van der Waals surface area contributed by atoms with Crippen LogP contribution in [0.25, 0.3) is 0 Å². The number of anilines is 1. The predicted octanol–water partition coefficient (Wildman–Crippen LogP) is 3.28. The van der Waals surface area contributed by atoms with E-state index in [1.165, 1.54) is 28.5 Å². The van der Waals surface area contributed by atoms with Crippen LogP contribution in [0.1, 0.15) is 53.8 Å². The van der Waals surface area contributed by atoms with Crippen molar-refractivity contribution in [2.75, 3.05) is 5.32 Å². The van der Waals surface area contributed by atoms with Crippen LogP contribution in [-0.2, 0) is 41.2 Å². The highest BCUT2D eigenvalue weighted by Gasteiger charge is 2.26. The maximum absolute atomic E-state index is 12.8. The highest BCUT2D eigenvalue weighted by atomic mass is 32.2. The van der Waals surface area contributed by atoms with Gasteiger partial charge in [-0.25, -0.2) is 19.1 Å². The minimum absolute atomic E-state index is 0.0308. The van der Waals surface area contributed by atoms with Crippen molar-refractivity contribution in [1.29, 1.82) is 0 Å². The van der Waals surface area contributed by atoms with E-state index in [1.54, 1.807) is 13.8 Å². The Labute approximate surface area is 168 Å². The summed E-state index contributed by atoms with van der Waals surface area (Å²) in [6, 6.07) is 1.55. The number of benzene rings is 1. The third-order valence-corrected chi connectivity index (χ3v) is 8.38. The second kappa shape index (κ2) is 6.91. The summed E-state index contributed by atoms with van der Waals surface area (Å²) in [5, 5.41) is 18.8. The van der Waals surface area contributed by atoms with Crippen molar-refractivity contribution in [3.63, 3.8) is 0 Å². The molecule has 0 spiro atoms. The maximum Gasteiger partial charge on any atom is 0.354 e. The Morgan fingerprint density at radius 2 is 1.86 bits per heavy atom. The molecule has 1 atom stereocenters. The largest absolute Gasteiger partial charge is 0.385 e. The number of nitrogens with two attached hydrogens (primary N) is 1. The zero-order valence-electron chi connectivity index (χ0n) is 15.9. The summed E-state index contributed by atoms with van der Waals surface area (Å²) in [6.07, 6.45) is 7.46. The van der Waals surface area contributed by atoms with Crippen LogP contribution < -0.4 is 10.5 Å². The van der Waals surface area contributed by atoms with Crippen LogP contribution in [0.2, 0.25) is 0 Å². The summed E-state index contributed by atoms with van der Waals surface area (Å²) >= 11 is 1.000. The molecule has 0 bridgehead atoms. The summed E-state index contributed by atoms with van der Waals surface area (Å²) in [6.45, 7) is 3.20. The number of hydrogen-bond donors (Lipinski definition) is 3. The molecule has 0 saturated heterocycles. The van der Waals surface area contributed by atoms with Gasteiger partial charge in [-0.1, -0.05) is 6.07 Å². The van der Waals surface area contributed by atoms with Gasteiger partial charge in [-0.15, -0.1) is 15.7 Å². The minimum atomic E-state index is -3.49. The Morgan fingerprint density at radius 1 is 1.25 bits per heavy atom. The van der Waals surface area contributed by atoms with Gasteiger partial charge in [0, 0.05) is 11.9 Å². The first-order valence-corrected chi connectivity index (χ1v) is 11.8. The predicted molar refractivity (Wildman–Crippen MR) is 110 cm³/mol. The maximum atomic E-state index is 12.8. The first-order valence-electron chi connectivity index (χ1n) is 9.36. The van der Waals surface area contributed by atoms with Gasteiger partial charge in [-0.2, -0.15) is 0 Å². The summed E-state index contributed by atoms with van der Waals surface area (Å²) in [5.74, 6) is 0. The van der Waals surface area contributed by atoms with Gasteiger partial charge < -0.3 is 10.4 Å². The number of rotatable bonds is 3.